The Bertz CT molecular complexity index is 623. The van der Waals surface area contributed by atoms with E-state index in [4.69, 9.17) is 17.3 Å². The Morgan fingerprint density at radius 2 is 1.94 bits per heavy atom. The van der Waals surface area contributed by atoms with Gasteiger partial charge in [-0.25, -0.2) is 8.42 Å². The maximum absolute atomic E-state index is 12.4. The SMILES string of the molecule is NC[C@H](c1ccccc1Cl)S(=O)(=O)c1cccs1. The molecule has 1 aromatic heterocycles. The highest BCUT2D eigenvalue weighted by molar-refractivity contribution is 7.93. The molecule has 0 amide bonds. The largest absolute Gasteiger partial charge is 0.329 e. The molecule has 0 spiro atoms. The van der Waals surface area contributed by atoms with E-state index in [1.54, 1.807) is 41.8 Å². The topological polar surface area (TPSA) is 60.2 Å². The molecule has 18 heavy (non-hydrogen) atoms. The molecule has 1 heterocycles. The second-order valence-electron chi connectivity index (χ2n) is 3.72. The van der Waals surface area contributed by atoms with Crippen LogP contribution in [0.4, 0.5) is 0 Å². The first kappa shape index (κ1) is 13.5. The van der Waals surface area contributed by atoms with Gasteiger partial charge in [-0.05, 0) is 23.1 Å². The lowest BCUT2D eigenvalue weighted by Crippen LogP contribution is -2.22. The monoisotopic (exact) mass is 301 g/mol. The lowest BCUT2D eigenvalue weighted by atomic mass is 10.1. The van der Waals surface area contributed by atoms with Crippen LogP contribution in [0.25, 0.3) is 0 Å². The van der Waals surface area contributed by atoms with Crippen molar-refractivity contribution in [3.05, 3.63) is 52.4 Å². The predicted octanol–water partition coefficient (Wildman–Crippen LogP) is 2.88. The van der Waals surface area contributed by atoms with Crippen molar-refractivity contribution in [1.29, 1.82) is 0 Å². The van der Waals surface area contributed by atoms with Gasteiger partial charge in [0, 0.05) is 11.6 Å². The molecule has 0 bridgehead atoms. The van der Waals surface area contributed by atoms with Gasteiger partial charge in [0.15, 0.2) is 9.84 Å². The predicted molar refractivity (Wildman–Crippen MR) is 74.8 cm³/mol. The molecule has 0 saturated carbocycles. The summed E-state index contributed by atoms with van der Waals surface area (Å²) in [6, 6.07) is 10.2. The van der Waals surface area contributed by atoms with Gasteiger partial charge in [-0.2, -0.15) is 0 Å². The molecular formula is C12H12ClNO2S2. The zero-order valence-electron chi connectivity index (χ0n) is 9.41. The summed E-state index contributed by atoms with van der Waals surface area (Å²) in [5.74, 6) is 0. The third-order valence-electron chi connectivity index (χ3n) is 2.62. The van der Waals surface area contributed by atoms with E-state index in [1.807, 2.05) is 0 Å². The summed E-state index contributed by atoms with van der Waals surface area (Å²) in [5, 5.41) is 1.35. The first-order valence-corrected chi connectivity index (χ1v) is 8.09. The van der Waals surface area contributed by atoms with E-state index in [1.165, 1.54) is 11.3 Å². The molecule has 6 heteroatoms. The van der Waals surface area contributed by atoms with Gasteiger partial charge in [0.2, 0.25) is 0 Å². The van der Waals surface area contributed by atoms with Gasteiger partial charge in [0.25, 0.3) is 0 Å². The molecule has 0 radical (unpaired) electrons. The summed E-state index contributed by atoms with van der Waals surface area (Å²) in [5.41, 5.74) is 6.18. The number of benzene rings is 1. The molecule has 2 rings (SSSR count). The third-order valence-corrected chi connectivity index (χ3v) is 6.50. The van der Waals surface area contributed by atoms with Crippen LogP contribution >= 0.6 is 22.9 Å². The van der Waals surface area contributed by atoms with Crippen molar-refractivity contribution >= 4 is 32.8 Å². The number of nitrogens with two attached hydrogens (primary N) is 1. The minimum Gasteiger partial charge on any atom is -0.329 e. The van der Waals surface area contributed by atoms with E-state index in [2.05, 4.69) is 0 Å². The lowest BCUT2D eigenvalue weighted by Gasteiger charge is -2.16. The number of thiophene rings is 1. The van der Waals surface area contributed by atoms with Crippen LogP contribution in [0.15, 0.2) is 46.0 Å². The van der Waals surface area contributed by atoms with Gasteiger partial charge in [-0.3, -0.25) is 0 Å². The quantitative estimate of drug-likeness (QED) is 0.944. The second-order valence-corrected chi connectivity index (χ2v) is 7.44. The summed E-state index contributed by atoms with van der Waals surface area (Å²) in [6.07, 6.45) is 0. The molecular weight excluding hydrogens is 290 g/mol. The first-order valence-electron chi connectivity index (χ1n) is 5.29. The fraction of sp³-hybridized carbons (Fsp3) is 0.167. The molecule has 96 valence electrons. The van der Waals surface area contributed by atoms with Gasteiger partial charge < -0.3 is 5.73 Å². The van der Waals surface area contributed by atoms with Crippen LogP contribution in [0.5, 0.6) is 0 Å². The average molecular weight is 302 g/mol. The first-order chi connectivity index (χ1) is 8.57. The summed E-state index contributed by atoms with van der Waals surface area (Å²) in [6.45, 7) is 0.00394. The van der Waals surface area contributed by atoms with Crippen molar-refractivity contribution < 1.29 is 8.42 Å². The summed E-state index contributed by atoms with van der Waals surface area (Å²) < 4.78 is 25.2. The van der Waals surface area contributed by atoms with Crippen LogP contribution in [0, 0.1) is 0 Å². The van der Waals surface area contributed by atoms with Crippen LogP contribution in [0.1, 0.15) is 10.8 Å². The molecule has 3 nitrogen and oxygen atoms in total. The van der Waals surface area contributed by atoms with Crippen molar-refractivity contribution in [1.82, 2.24) is 0 Å². The molecule has 0 aliphatic rings. The highest BCUT2D eigenvalue weighted by Crippen LogP contribution is 2.34. The van der Waals surface area contributed by atoms with Crippen molar-refractivity contribution in [2.24, 2.45) is 5.73 Å². The van der Waals surface area contributed by atoms with Crippen molar-refractivity contribution in [2.45, 2.75) is 9.46 Å². The van der Waals surface area contributed by atoms with Gasteiger partial charge in [0.1, 0.15) is 9.46 Å². The fourth-order valence-corrected chi connectivity index (χ4v) is 4.90. The number of sulfone groups is 1. The Balaban J connectivity index is 2.51. The van der Waals surface area contributed by atoms with E-state index in [9.17, 15) is 8.42 Å². The Morgan fingerprint density at radius 3 is 2.50 bits per heavy atom. The molecule has 0 fully saturated rings. The van der Waals surface area contributed by atoms with Gasteiger partial charge in [-0.1, -0.05) is 35.9 Å². The highest BCUT2D eigenvalue weighted by Gasteiger charge is 2.30. The van der Waals surface area contributed by atoms with Crippen LogP contribution in [0.3, 0.4) is 0 Å². The standard InChI is InChI=1S/C12H12ClNO2S2/c13-10-5-2-1-4-9(10)11(8-14)18(15,16)12-6-3-7-17-12/h1-7,11H,8,14H2/t11-/m1/s1. The van der Waals surface area contributed by atoms with Crippen LogP contribution < -0.4 is 5.73 Å². The average Bonchev–Trinajstić information content (AvgIpc) is 2.86. The molecule has 0 saturated heterocycles. The molecule has 2 aromatic rings. The smallest absolute Gasteiger partial charge is 0.196 e. The van der Waals surface area contributed by atoms with Gasteiger partial charge in [-0.15, -0.1) is 11.3 Å². The molecule has 0 unspecified atom stereocenters. The van der Waals surface area contributed by atoms with E-state index in [0.29, 0.717) is 14.8 Å². The molecule has 2 N–H and O–H groups in total. The van der Waals surface area contributed by atoms with Crippen LogP contribution in [-0.4, -0.2) is 15.0 Å². The minimum atomic E-state index is -3.47. The lowest BCUT2D eigenvalue weighted by molar-refractivity contribution is 0.584. The molecule has 1 aromatic carbocycles. The summed E-state index contributed by atoms with van der Waals surface area (Å²) >= 11 is 7.24. The van der Waals surface area contributed by atoms with Crippen molar-refractivity contribution in [2.75, 3.05) is 6.54 Å². The van der Waals surface area contributed by atoms with Crippen molar-refractivity contribution in [3.63, 3.8) is 0 Å². The maximum Gasteiger partial charge on any atom is 0.196 e. The highest BCUT2D eigenvalue weighted by atomic mass is 35.5. The van der Waals surface area contributed by atoms with Gasteiger partial charge in [0.05, 0.1) is 0 Å². The zero-order chi connectivity index (χ0) is 13.2. The summed E-state index contributed by atoms with van der Waals surface area (Å²) in [4.78, 5) is 0. The third kappa shape index (κ3) is 2.44. The number of hydrogen-bond acceptors (Lipinski definition) is 4. The Morgan fingerprint density at radius 1 is 1.22 bits per heavy atom. The maximum atomic E-state index is 12.4. The van der Waals surface area contributed by atoms with E-state index in [-0.39, 0.29) is 6.54 Å². The molecule has 0 aliphatic carbocycles. The summed E-state index contributed by atoms with van der Waals surface area (Å²) in [7, 11) is -3.47. The second kappa shape index (κ2) is 5.40. The van der Waals surface area contributed by atoms with E-state index in [0.717, 1.165) is 0 Å². The van der Waals surface area contributed by atoms with E-state index < -0.39 is 15.1 Å². The normalized spacial score (nSPS) is 13.4. The number of halogens is 1. The Kier molecular flexibility index (Phi) is 4.07. The number of rotatable bonds is 4. The van der Waals surface area contributed by atoms with Crippen LogP contribution in [-0.2, 0) is 9.84 Å². The molecule has 0 aliphatic heterocycles. The molecule has 1 atom stereocenters. The van der Waals surface area contributed by atoms with Crippen LogP contribution in [0.2, 0.25) is 5.02 Å². The zero-order valence-corrected chi connectivity index (χ0v) is 11.8. The Hall–Kier alpha value is -0.880. The number of hydrogen-bond donors (Lipinski definition) is 1. The Labute approximate surface area is 115 Å². The van der Waals surface area contributed by atoms with E-state index >= 15 is 0 Å². The van der Waals surface area contributed by atoms with Gasteiger partial charge >= 0.3 is 0 Å². The van der Waals surface area contributed by atoms with Crippen molar-refractivity contribution in [3.8, 4) is 0 Å². The fourth-order valence-electron chi connectivity index (χ4n) is 1.72. The minimum absolute atomic E-state index is 0.00394.